The van der Waals surface area contributed by atoms with Crippen LogP contribution in [-0.2, 0) is 9.59 Å². The number of hydrogen-bond acceptors (Lipinski definition) is 2. The molecule has 3 aliphatic rings. The second-order valence-corrected chi connectivity index (χ2v) is 7.37. The first-order valence-corrected chi connectivity index (χ1v) is 7.85. The molecule has 3 fully saturated rings. The quantitative estimate of drug-likeness (QED) is 0.779. The maximum atomic E-state index is 12.3. The maximum absolute atomic E-state index is 12.3. The van der Waals surface area contributed by atoms with E-state index in [4.69, 9.17) is 0 Å². The summed E-state index contributed by atoms with van der Waals surface area (Å²) in [6.45, 7) is 4.26. The second-order valence-electron chi connectivity index (χ2n) is 7.37. The molecule has 3 heteroatoms. The molecule has 0 aromatic carbocycles. The topological polar surface area (TPSA) is 46.2 Å². The molecule has 2 saturated carbocycles. The zero-order valence-electron chi connectivity index (χ0n) is 12.1. The molecule has 2 amide bonds. The number of imide groups is 1. The van der Waals surface area contributed by atoms with Gasteiger partial charge in [-0.15, -0.1) is 0 Å². The molecule has 1 saturated heterocycles. The largest absolute Gasteiger partial charge is 0.296 e. The van der Waals surface area contributed by atoms with Gasteiger partial charge in [-0.2, -0.15) is 0 Å². The van der Waals surface area contributed by atoms with Gasteiger partial charge in [-0.3, -0.25) is 14.9 Å². The highest BCUT2D eigenvalue weighted by molar-refractivity contribution is 5.99. The van der Waals surface area contributed by atoms with Gasteiger partial charge >= 0.3 is 0 Å². The van der Waals surface area contributed by atoms with Crippen LogP contribution in [0.4, 0.5) is 0 Å². The van der Waals surface area contributed by atoms with Crippen LogP contribution in [0.5, 0.6) is 0 Å². The minimum absolute atomic E-state index is 0.0114. The Morgan fingerprint density at radius 1 is 1.16 bits per heavy atom. The summed E-state index contributed by atoms with van der Waals surface area (Å²) in [5, 5.41) is 2.56. The fourth-order valence-corrected chi connectivity index (χ4v) is 4.83. The molecule has 1 aliphatic heterocycles. The summed E-state index contributed by atoms with van der Waals surface area (Å²) in [7, 11) is 0. The van der Waals surface area contributed by atoms with E-state index in [-0.39, 0.29) is 23.1 Å². The Labute approximate surface area is 115 Å². The van der Waals surface area contributed by atoms with E-state index >= 15 is 0 Å². The van der Waals surface area contributed by atoms with Crippen molar-refractivity contribution in [2.45, 2.75) is 58.8 Å². The van der Waals surface area contributed by atoms with Crippen LogP contribution in [0.25, 0.3) is 0 Å². The van der Waals surface area contributed by atoms with Gasteiger partial charge in [0, 0.05) is 12.3 Å². The summed E-state index contributed by atoms with van der Waals surface area (Å²) in [5.41, 5.74) is -0.0287. The highest BCUT2D eigenvalue weighted by Crippen LogP contribution is 2.56. The maximum Gasteiger partial charge on any atom is 0.230 e. The number of nitrogens with one attached hydrogen (secondary N) is 1. The highest BCUT2D eigenvalue weighted by atomic mass is 16.2. The van der Waals surface area contributed by atoms with Crippen molar-refractivity contribution in [3.05, 3.63) is 0 Å². The minimum Gasteiger partial charge on any atom is -0.296 e. The van der Waals surface area contributed by atoms with E-state index in [1.165, 1.54) is 25.7 Å². The Balaban J connectivity index is 1.87. The van der Waals surface area contributed by atoms with E-state index < -0.39 is 0 Å². The van der Waals surface area contributed by atoms with Gasteiger partial charge in [0.2, 0.25) is 11.8 Å². The molecule has 1 spiro atoms. The number of piperidine rings is 1. The van der Waals surface area contributed by atoms with E-state index in [1.54, 1.807) is 0 Å². The van der Waals surface area contributed by atoms with Gasteiger partial charge in [0.1, 0.15) is 0 Å². The molecule has 19 heavy (non-hydrogen) atoms. The monoisotopic (exact) mass is 263 g/mol. The van der Waals surface area contributed by atoms with E-state index in [0.29, 0.717) is 12.3 Å². The van der Waals surface area contributed by atoms with Gasteiger partial charge in [0.15, 0.2) is 0 Å². The van der Waals surface area contributed by atoms with Crippen LogP contribution in [-0.4, -0.2) is 11.8 Å². The van der Waals surface area contributed by atoms with E-state index in [9.17, 15) is 9.59 Å². The fourth-order valence-electron chi connectivity index (χ4n) is 4.83. The first-order valence-electron chi connectivity index (χ1n) is 7.85. The van der Waals surface area contributed by atoms with Gasteiger partial charge in [0.05, 0.1) is 0 Å². The highest BCUT2D eigenvalue weighted by Gasteiger charge is 2.53. The minimum atomic E-state index is -0.0432. The zero-order valence-corrected chi connectivity index (χ0v) is 12.1. The van der Waals surface area contributed by atoms with Crippen molar-refractivity contribution in [2.24, 2.45) is 29.1 Å². The van der Waals surface area contributed by atoms with Crippen LogP contribution in [0.1, 0.15) is 58.8 Å². The zero-order chi connectivity index (χ0) is 13.6. The lowest BCUT2D eigenvalue weighted by Gasteiger charge is -2.49. The number of rotatable bonds is 2. The summed E-state index contributed by atoms with van der Waals surface area (Å²) >= 11 is 0. The molecular formula is C16H25NO2. The van der Waals surface area contributed by atoms with Crippen molar-refractivity contribution >= 4 is 11.8 Å². The van der Waals surface area contributed by atoms with Gasteiger partial charge in [-0.1, -0.05) is 26.7 Å². The number of hydrogen-bond donors (Lipinski definition) is 1. The Hall–Kier alpha value is -0.860. The molecule has 106 valence electrons. The van der Waals surface area contributed by atoms with Crippen molar-refractivity contribution < 1.29 is 9.59 Å². The van der Waals surface area contributed by atoms with Crippen LogP contribution in [0.3, 0.4) is 0 Å². The molecule has 3 rings (SSSR count). The molecule has 0 aromatic heterocycles. The summed E-state index contributed by atoms with van der Waals surface area (Å²) in [5.74, 6) is 1.97. The van der Waals surface area contributed by atoms with Crippen molar-refractivity contribution in [3.63, 3.8) is 0 Å². The Kier molecular flexibility index (Phi) is 3.18. The lowest BCUT2D eigenvalue weighted by atomic mass is 9.56. The van der Waals surface area contributed by atoms with Crippen molar-refractivity contribution in [1.29, 1.82) is 0 Å². The normalized spacial score (nSPS) is 39.7. The van der Waals surface area contributed by atoms with Crippen LogP contribution < -0.4 is 5.32 Å². The van der Waals surface area contributed by atoms with Crippen LogP contribution in [0.2, 0.25) is 0 Å². The molecule has 2 aliphatic carbocycles. The molecule has 1 heterocycles. The molecular weight excluding hydrogens is 238 g/mol. The lowest BCUT2D eigenvalue weighted by molar-refractivity contribution is -0.149. The van der Waals surface area contributed by atoms with E-state index in [2.05, 4.69) is 19.2 Å². The Morgan fingerprint density at radius 3 is 2.53 bits per heavy atom. The molecule has 0 aromatic rings. The molecule has 3 nitrogen and oxygen atoms in total. The molecule has 1 N–H and O–H groups in total. The predicted octanol–water partition coefficient (Wildman–Crippen LogP) is 2.89. The van der Waals surface area contributed by atoms with E-state index in [1.807, 2.05) is 0 Å². The van der Waals surface area contributed by atoms with Gasteiger partial charge in [0.25, 0.3) is 0 Å². The summed E-state index contributed by atoms with van der Waals surface area (Å²) in [4.78, 5) is 24.2. The first kappa shape index (κ1) is 13.1. The Morgan fingerprint density at radius 2 is 1.89 bits per heavy atom. The standard InChI is InChI=1S/C16H25NO2/c1-10(2)14-15(19)17-13(18)9-16(14)7-3-4-12(8-16)11-5-6-11/h10-12,14H,3-9H2,1-2H3,(H,17,18,19). The lowest BCUT2D eigenvalue weighted by Crippen LogP contribution is -2.55. The van der Waals surface area contributed by atoms with E-state index in [0.717, 1.165) is 24.7 Å². The molecule has 0 radical (unpaired) electrons. The predicted molar refractivity (Wildman–Crippen MR) is 73.2 cm³/mol. The molecule has 3 atom stereocenters. The number of carbonyl (C=O) groups is 2. The second kappa shape index (κ2) is 4.60. The summed E-state index contributed by atoms with van der Waals surface area (Å²) in [6.07, 6.45) is 8.00. The third-order valence-corrected chi connectivity index (χ3v) is 5.59. The van der Waals surface area contributed by atoms with Crippen LogP contribution in [0.15, 0.2) is 0 Å². The van der Waals surface area contributed by atoms with Gasteiger partial charge < -0.3 is 0 Å². The average Bonchev–Trinajstić information content (AvgIpc) is 3.10. The SMILES string of the molecule is CC(C)C1C(=O)NC(=O)CC12CCCC(C1CC1)C2. The average molecular weight is 263 g/mol. The third-order valence-electron chi connectivity index (χ3n) is 5.59. The van der Waals surface area contributed by atoms with Crippen molar-refractivity contribution in [1.82, 2.24) is 5.32 Å². The van der Waals surface area contributed by atoms with Gasteiger partial charge in [-0.05, 0) is 48.9 Å². The van der Waals surface area contributed by atoms with Crippen LogP contribution >= 0.6 is 0 Å². The summed E-state index contributed by atoms with van der Waals surface area (Å²) < 4.78 is 0. The van der Waals surface area contributed by atoms with Crippen LogP contribution in [0, 0.1) is 29.1 Å². The molecule has 3 unspecified atom stereocenters. The third kappa shape index (κ3) is 2.32. The van der Waals surface area contributed by atoms with Crippen molar-refractivity contribution in [3.8, 4) is 0 Å². The first-order chi connectivity index (χ1) is 9.02. The Bertz CT molecular complexity index is 400. The number of carbonyl (C=O) groups excluding carboxylic acids is 2. The van der Waals surface area contributed by atoms with Crippen molar-refractivity contribution in [2.75, 3.05) is 0 Å². The summed E-state index contributed by atoms with van der Waals surface area (Å²) in [6, 6.07) is 0. The molecule has 0 bridgehead atoms. The smallest absolute Gasteiger partial charge is 0.230 e. The number of amides is 2. The fraction of sp³-hybridized carbons (Fsp3) is 0.875. The van der Waals surface area contributed by atoms with Gasteiger partial charge in [-0.25, -0.2) is 0 Å².